The zero-order valence-electron chi connectivity index (χ0n) is 11.2. The molecule has 0 saturated heterocycles. The molecule has 2 aromatic rings. The number of hydrogen-bond acceptors (Lipinski definition) is 3. The third-order valence-electron chi connectivity index (χ3n) is 2.70. The fraction of sp³-hybridized carbons (Fsp3) is 0.143. The second-order valence-corrected chi connectivity index (χ2v) is 4.70. The molecule has 1 aromatic carbocycles. The van der Waals surface area contributed by atoms with Crippen LogP contribution in [0.2, 0.25) is 0 Å². The van der Waals surface area contributed by atoms with Crippen molar-refractivity contribution in [3.05, 3.63) is 53.5 Å². The maximum atomic E-state index is 11.8. The Labute approximate surface area is 122 Å². The van der Waals surface area contributed by atoms with Crippen LogP contribution in [0.25, 0.3) is 0 Å². The van der Waals surface area contributed by atoms with Crippen molar-refractivity contribution in [1.82, 2.24) is 10.9 Å². The Morgan fingerprint density at radius 3 is 2.40 bits per heavy atom. The van der Waals surface area contributed by atoms with Gasteiger partial charge in [-0.15, -0.1) is 0 Å². The fourth-order valence-electron chi connectivity index (χ4n) is 1.60. The van der Waals surface area contributed by atoms with Gasteiger partial charge in [0.1, 0.15) is 5.76 Å². The van der Waals surface area contributed by atoms with Crippen LogP contribution in [0.3, 0.4) is 0 Å². The fourth-order valence-corrected chi connectivity index (χ4v) is 1.77. The Kier molecular flexibility index (Phi) is 4.37. The maximum Gasteiger partial charge on any atom is 0.273 e. The van der Waals surface area contributed by atoms with Gasteiger partial charge in [0.2, 0.25) is 0 Å². The molecule has 1 heterocycles. The van der Waals surface area contributed by atoms with Crippen LogP contribution in [0, 0.1) is 13.8 Å². The molecule has 0 atom stereocenters. The van der Waals surface area contributed by atoms with E-state index in [4.69, 9.17) is 16.6 Å². The van der Waals surface area contributed by atoms with Gasteiger partial charge in [0.15, 0.2) is 5.11 Å². The molecule has 0 spiro atoms. The number of furan rings is 1. The molecule has 0 radical (unpaired) electrons. The molecular formula is C14H15N3O2S. The van der Waals surface area contributed by atoms with Crippen LogP contribution < -0.4 is 16.2 Å². The lowest BCUT2D eigenvalue weighted by molar-refractivity contribution is 0.0942. The average Bonchev–Trinajstić information content (AvgIpc) is 2.85. The van der Waals surface area contributed by atoms with E-state index < -0.39 is 0 Å². The Hall–Kier alpha value is -2.34. The maximum absolute atomic E-state index is 11.8. The monoisotopic (exact) mass is 289 g/mol. The second-order valence-electron chi connectivity index (χ2n) is 4.29. The van der Waals surface area contributed by atoms with Crippen LogP contribution in [0.15, 0.2) is 41.0 Å². The molecule has 0 fully saturated rings. The van der Waals surface area contributed by atoms with Crippen molar-refractivity contribution in [2.75, 3.05) is 5.32 Å². The van der Waals surface area contributed by atoms with Gasteiger partial charge >= 0.3 is 0 Å². The first-order valence-electron chi connectivity index (χ1n) is 6.04. The molecule has 0 aliphatic carbocycles. The van der Waals surface area contributed by atoms with Crippen molar-refractivity contribution in [1.29, 1.82) is 0 Å². The standard InChI is InChI=1S/C14H15N3O2S/c1-9-3-5-11(6-4-9)15-14(20)17-16-13(18)12-7-8-19-10(12)2/h3-8H,1-2H3,(H,16,18)(H2,15,17,20). The van der Waals surface area contributed by atoms with E-state index in [1.165, 1.54) is 6.26 Å². The van der Waals surface area contributed by atoms with E-state index >= 15 is 0 Å². The number of amides is 1. The van der Waals surface area contributed by atoms with Crippen molar-refractivity contribution in [2.45, 2.75) is 13.8 Å². The number of hydrogen-bond donors (Lipinski definition) is 3. The van der Waals surface area contributed by atoms with Crippen LogP contribution >= 0.6 is 12.2 Å². The number of anilines is 1. The van der Waals surface area contributed by atoms with E-state index in [0.717, 1.165) is 11.3 Å². The minimum Gasteiger partial charge on any atom is -0.469 e. The van der Waals surface area contributed by atoms with Crippen LogP contribution in [0.4, 0.5) is 5.69 Å². The van der Waals surface area contributed by atoms with Gasteiger partial charge in [0, 0.05) is 5.69 Å². The van der Waals surface area contributed by atoms with Gasteiger partial charge in [-0.05, 0) is 44.3 Å². The summed E-state index contributed by atoms with van der Waals surface area (Å²) in [5.74, 6) is 0.256. The lowest BCUT2D eigenvalue weighted by Gasteiger charge is -2.11. The van der Waals surface area contributed by atoms with Crippen molar-refractivity contribution in [3.8, 4) is 0 Å². The van der Waals surface area contributed by atoms with Gasteiger partial charge < -0.3 is 9.73 Å². The molecule has 6 heteroatoms. The number of aryl methyl sites for hydroxylation is 2. The third-order valence-corrected chi connectivity index (χ3v) is 2.91. The molecule has 0 aliphatic heterocycles. The summed E-state index contributed by atoms with van der Waals surface area (Å²) in [5.41, 5.74) is 7.63. The Morgan fingerprint density at radius 2 is 1.80 bits per heavy atom. The van der Waals surface area contributed by atoms with E-state index in [2.05, 4.69) is 16.2 Å². The summed E-state index contributed by atoms with van der Waals surface area (Å²) in [6.07, 6.45) is 1.47. The second kappa shape index (κ2) is 6.21. The van der Waals surface area contributed by atoms with Gasteiger partial charge in [-0.3, -0.25) is 15.6 Å². The summed E-state index contributed by atoms with van der Waals surface area (Å²) < 4.78 is 5.06. The molecule has 1 amide bonds. The topological polar surface area (TPSA) is 66.3 Å². The lowest BCUT2D eigenvalue weighted by atomic mass is 10.2. The SMILES string of the molecule is Cc1ccc(NC(=S)NNC(=O)c2ccoc2C)cc1. The molecule has 0 saturated carbocycles. The summed E-state index contributed by atoms with van der Waals surface area (Å²) >= 11 is 5.09. The van der Waals surface area contributed by atoms with Gasteiger partial charge in [0.05, 0.1) is 11.8 Å². The minimum absolute atomic E-state index is 0.302. The summed E-state index contributed by atoms with van der Waals surface area (Å²) in [4.78, 5) is 11.8. The van der Waals surface area contributed by atoms with E-state index in [0.29, 0.717) is 16.4 Å². The number of benzene rings is 1. The van der Waals surface area contributed by atoms with Crippen molar-refractivity contribution in [2.24, 2.45) is 0 Å². The highest BCUT2D eigenvalue weighted by atomic mass is 32.1. The third kappa shape index (κ3) is 3.58. The largest absolute Gasteiger partial charge is 0.469 e. The average molecular weight is 289 g/mol. The first-order valence-corrected chi connectivity index (χ1v) is 6.45. The summed E-state index contributed by atoms with van der Waals surface area (Å²) in [5, 5.41) is 3.28. The predicted molar refractivity (Wildman–Crippen MR) is 81.4 cm³/mol. The number of carbonyl (C=O) groups excluding carboxylic acids is 1. The van der Waals surface area contributed by atoms with Gasteiger partial charge in [0.25, 0.3) is 5.91 Å². The molecule has 5 nitrogen and oxygen atoms in total. The predicted octanol–water partition coefficient (Wildman–Crippen LogP) is 2.53. The first-order chi connectivity index (χ1) is 9.56. The molecular weight excluding hydrogens is 274 g/mol. The first kappa shape index (κ1) is 14.1. The van der Waals surface area contributed by atoms with Gasteiger partial charge in [-0.25, -0.2) is 0 Å². The smallest absolute Gasteiger partial charge is 0.273 e. The van der Waals surface area contributed by atoms with Crippen LogP contribution in [-0.4, -0.2) is 11.0 Å². The van der Waals surface area contributed by atoms with Crippen LogP contribution in [0.1, 0.15) is 21.7 Å². The Morgan fingerprint density at radius 1 is 1.10 bits per heavy atom. The van der Waals surface area contributed by atoms with Crippen molar-refractivity contribution < 1.29 is 9.21 Å². The van der Waals surface area contributed by atoms with E-state index in [1.807, 2.05) is 31.2 Å². The number of thiocarbonyl (C=S) groups is 1. The lowest BCUT2D eigenvalue weighted by Crippen LogP contribution is -2.43. The van der Waals surface area contributed by atoms with Crippen LogP contribution in [-0.2, 0) is 0 Å². The van der Waals surface area contributed by atoms with E-state index in [1.54, 1.807) is 13.0 Å². The van der Waals surface area contributed by atoms with Crippen molar-refractivity contribution in [3.63, 3.8) is 0 Å². The zero-order chi connectivity index (χ0) is 14.5. The Balaban J connectivity index is 1.85. The molecule has 3 N–H and O–H groups in total. The summed E-state index contributed by atoms with van der Waals surface area (Å²) in [6.45, 7) is 3.73. The number of hydrazine groups is 1. The molecule has 0 aliphatic rings. The molecule has 20 heavy (non-hydrogen) atoms. The van der Waals surface area contributed by atoms with Gasteiger partial charge in [-0.2, -0.15) is 0 Å². The molecule has 1 aromatic heterocycles. The molecule has 104 valence electrons. The zero-order valence-corrected chi connectivity index (χ0v) is 12.0. The van der Waals surface area contributed by atoms with E-state index in [-0.39, 0.29) is 5.91 Å². The summed E-state index contributed by atoms with van der Waals surface area (Å²) in [7, 11) is 0. The number of rotatable bonds is 2. The molecule has 0 unspecified atom stereocenters. The van der Waals surface area contributed by atoms with Gasteiger partial charge in [-0.1, -0.05) is 17.7 Å². The highest BCUT2D eigenvalue weighted by Gasteiger charge is 2.11. The normalized spacial score (nSPS) is 9.90. The van der Waals surface area contributed by atoms with Crippen LogP contribution in [0.5, 0.6) is 0 Å². The van der Waals surface area contributed by atoms with Crippen molar-refractivity contribution >= 4 is 28.9 Å². The quantitative estimate of drug-likeness (QED) is 0.585. The number of nitrogens with one attached hydrogen (secondary N) is 3. The highest BCUT2D eigenvalue weighted by molar-refractivity contribution is 7.80. The Bertz CT molecular complexity index is 620. The van der Waals surface area contributed by atoms with E-state index in [9.17, 15) is 4.79 Å². The highest BCUT2D eigenvalue weighted by Crippen LogP contribution is 2.09. The molecule has 0 bridgehead atoms. The minimum atomic E-state index is -0.302. The number of carbonyl (C=O) groups is 1. The molecule has 2 rings (SSSR count). The summed E-state index contributed by atoms with van der Waals surface area (Å²) in [6, 6.07) is 9.36.